The summed E-state index contributed by atoms with van der Waals surface area (Å²) in [6.45, 7) is 1.24. The molecular formula is C20H22N4O5S. The van der Waals surface area contributed by atoms with Crippen molar-refractivity contribution in [3.8, 4) is 11.6 Å². The predicted octanol–water partition coefficient (Wildman–Crippen LogP) is 3.28. The molecule has 0 aliphatic rings. The van der Waals surface area contributed by atoms with Crippen molar-refractivity contribution >= 4 is 38.2 Å². The Morgan fingerprint density at radius 3 is 2.60 bits per heavy atom. The highest BCUT2D eigenvalue weighted by atomic mass is 32.2. The SMILES string of the molecule is COc1ccc(C)cc1N(CC(=O)N=Nc1c(O)n(C)c2ccccc12)S(C)(=O)=O. The van der Waals surface area contributed by atoms with Crippen molar-refractivity contribution in [3.63, 3.8) is 0 Å². The Balaban J connectivity index is 1.94. The summed E-state index contributed by atoms with van der Waals surface area (Å²) < 4.78 is 32.4. The molecule has 0 spiro atoms. The smallest absolute Gasteiger partial charge is 0.285 e. The zero-order valence-corrected chi connectivity index (χ0v) is 17.8. The van der Waals surface area contributed by atoms with Gasteiger partial charge in [-0.25, -0.2) is 8.42 Å². The molecule has 10 heteroatoms. The minimum Gasteiger partial charge on any atom is -0.495 e. The fourth-order valence-electron chi connectivity index (χ4n) is 3.09. The molecule has 3 rings (SSSR count). The average Bonchev–Trinajstić information content (AvgIpc) is 2.94. The van der Waals surface area contributed by atoms with Gasteiger partial charge in [0.05, 0.1) is 24.6 Å². The van der Waals surface area contributed by atoms with Crippen LogP contribution in [0.4, 0.5) is 11.4 Å². The lowest BCUT2D eigenvalue weighted by molar-refractivity contribution is -0.116. The van der Waals surface area contributed by atoms with Crippen LogP contribution in [0.2, 0.25) is 0 Å². The van der Waals surface area contributed by atoms with Crippen LogP contribution in [-0.4, -0.2) is 43.9 Å². The third-order valence-electron chi connectivity index (χ3n) is 4.59. The van der Waals surface area contributed by atoms with E-state index in [1.807, 2.05) is 6.07 Å². The number of aromatic hydroxyl groups is 1. The molecule has 0 unspecified atom stereocenters. The van der Waals surface area contributed by atoms with Crippen LogP contribution in [0.25, 0.3) is 10.9 Å². The Hall–Kier alpha value is -3.40. The molecule has 0 saturated carbocycles. The maximum Gasteiger partial charge on any atom is 0.285 e. The van der Waals surface area contributed by atoms with Gasteiger partial charge in [0.25, 0.3) is 5.91 Å². The molecule has 9 nitrogen and oxygen atoms in total. The summed E-state index contributed by atoms with van der Waals surface area (Å²) in [6, 6.07) is 12.1. The summed E-state index contributed by atoms with van der Waals surface area (Å²) in [4.78, 5) is 12.5. The van der Waals surface area contributed by atoms with Crippen LogP contribution in [-0.2, 0) is 21.9 Å². The number of carbonyl (C=O) groups excluding carboxylic acids is 1. The molecule has 0 atom stereocenters. The number of benzene rings is 2. The van der Waals surface area contributed by atoms with E-state index in [0.29, 0.717) is 11.1 Å². The van der Waals surface area contributed by atoms with E-state index in [1.54, 1.807) is 50.4 Å². The summed E-state index contributed by atoms with van der Waals surface area (Å²) in [6.07, 6.45) is 0.996. The van der Waals surface area contributed by atoms with Crippen molar-refractivity contribution in [1.29, 1.82) is 0 Å². The minimum absolute atomic E-state index is 0.139. The first-order valence-corrected chi connectivity index (χ1v) is 10.8. The highest BCUT2D eigenvalue weighted by molar-refractivity contribution is 7.92. The van der Waals surface area contributed by atoms with E-state index in [0.717, 1.165) is 21.6 Å². The predicted molar refractivity (Wildman–Crippen MR) is 114 cm³/mol. The van der Waals surface area contributed by atoms with E-state index in [4.69, 9.17) is 4.74 Å². The number of aryl methyl sites for hydroxylation is 2. The summed E-state index contributed by atoms with van der Waals surface area (Å²) in [5, 5.41) is 18.5. The topological polar surface area (TPSA) is 114 Å². The van der Waals surface area contributed by atoms with Crippen molar-refractivity contribution in [1.82, 2.24) is 4.57 Å². The third kappa shape index (κ3) is 4.13. The van der Waals surface area contributed by atoms with E-state index in [2.05, 4.69) is 10.2 Å². The number of aromatic nitrogens is 1. The Morgan fingerprint density at radius 1 is 1.23 bits per heavy atom. The Labute approximate surface area is 174 Å². The zero-order chi connectivity index (χ0) is 22.1. The molecule has 0 aliphatic carbocycles. The summed E-state index contributed by atoms with van der Waals surface area (Å²) in [5.74, 6) is -0.633. The summed E-state index contributed by atoms with van der Waals surface area (Å²) in [5.41, 5.74) is 1.89. The van der Waals surface area contributed by atoms with Gasteiger partial charge < -0.3 is 14.4 Å². The first-order valence-electron chi connectivity index (χ1n) is 8.96. The Kier molecular flexibility index (Phi) is 5.79. The number of carbonyl (C=O) groups is 1. The lowest BCUT2D eigenvalue weighted by Gasteiger charge is -2.23. The molecule has 1 heterocycles. The van der Waals surface area contributed by atoms with Gasteiger partial charge in [-0.2, -0.15) is 0 Å². The number of fused-ring (bicyclic) bond motifs is 1. The molecule has 1 N–H and O–H groups in total. The first kappa shape index (κ1) is 21.3. The van der Waals surface area contributed by atoms with Crippen LogP contribution in [0, 0.1) is 6.92 Å². The van der Waals surface area contributed by atoms with E-state index >= 15 is 0 Å². The van der Waals surface area contributed by atoms with Gasteiger partial charge in [0.2, 0.25) is 15.9 Å². The van der Waals surface area contributed by atoms with Crippen molar-refractivity contribution < 1.29 is 23.1 Å². The van der Waals surface area contributed by atoms with Crippen LogP contribution in [0.1, 0.15) is 5.56 Å². The molecule has 30 heavy (non-hydrogen) atoms. The number of anilines is 1. The molecule has 158 valence electrons. The first-order chi connectivity index (χ1) is 14.1. The van der Waals surface area contributed by atoms with Crippen LogP contribution >= 0.6 is 0 Å². The lowest BCUT2D eigenvalue weighted by atomic mass is 10.2. The quantitative estimate of drug-likeness (QED) is 0.603. The molecule has 0 bridgehead atoms. The summed E-state index contributed by atoms with van der Waals surface area (Å²) >= 11 is 0. The van der Waals surface area contributed by atoms with Gasteiger partial charge in [-0.1, -0.05) is 24.3 Å². The Morgan fingerprint density at radius 2 is 1.93 bits per heavy atom. The van der Waals surface area contributed by atoms with Crippen molar-refractivity contribution in [3.05, 3.63) is 48.0 Å². The van der Waals surface area contributed by atoms with Crippen LogP contribution in [0.15, 0.2) is 52.7 Å². The normalized spacial score (nSPS) is 11.9. The highest BCUT2D eigenvalue weighted by Crippen LogP contribution is 2.38. The average molecular weight is 430 g/mol. The van der Waals surface area contributed by atoms with Gasteiger partial charge in [-0.15, -0.1) is 10.2 Å². The molecule has 0 fully saturated rings. The summed E-state index contributed by atoms with van der Waals surface area (Å²) in [7, 11) is -0.730. The van der Waals surface area contributed by atoms with E-state index in [-0.39, 0.29) is 17.3 Å². The maximum absolute atomic E-state index is 12.5. The molecule has 0 aliphatic heterocycles. The molecule has 1 aromatic heterocycles. The number of rotatable bonds is 6. The number of ether oxygens (including phenoxy) is 1. The van der Waals surface area contributed by atoms with E-state index in [1.165, 1.54) is 11.7 Å². The standard InChI is InChI=1S/C20H22N4O5S/c1-13-9-10-17(29-3)16(11-13)24(30(4,27)28)12-18(25)21-22-19-14-7-5-6-8-15(14)23(2)20(19)26/h5-11,26H,12H2,1-4H3. The Bertz CT molecular complexity index is 1250. The fraction of sp³-hybridized carbons (Fsp3) is 0.250. The largest absolute Gasteiger partial charge is 0.495 e. The number of azo groups is 1. The van der Waals surface area contributed by atoms with E-state index in [9.17, 15) is 18.3 Å². The van der Waals surface area contributed by atoms with Crippen molar-refractivity contribution in [2.75, 3.05) is 24.2 Å². The number of para-hydroxylation sites is 1. The minimum atomic E-state index is -3.81. The fourth-order valence-corrected chi connectivity index (χ4v) is 3.94. The second kappa shape index (κ2) is 8.15. The third-order valence-corrected chi connectivity index (χ3v) is 5.72. The number of methoxy groups -OCH3 is 1. The van der Waals surface area contributed by atoms with Crippen molar-refractivity contribution in [2.45, 2.75) is 6.92 Å². The molecule has 2 aromatic carbocycles. The number of hydrogen-bond acceptors (Lipinski definition) is 6. The second-order valence-corrected chi connectivity index (χ2v) is 8.69. The molecule has 0 radical (unpaired) electrons. The van der Waals surface area contributed by atoms with Crippen molar-refractivity contribution in [2.24, 2.45) is 17.3 Å². The number of hydrogen-bond donors (Lipinski definition) is 1. The second-order valence-electron chi connectivity index (χ2n) is 6.79. The lowest BCUT2D eigenvalue weighted by Crippen LogP contribution is -2.34. The number of amides is 1. The monoisotopic (exact) mass is 430 g/mol. The van der Waals surface area contributed by atoms with E-state index < -0.39 is 22.5 Å². The van der Waals surface area contributed by atoms with Gasteiger partial charge in [0.15, 0.2) is 5.69 Å². The molecule has 0 saturated heterocycles. The van der Waals surface area contributed by atoms with Gasteiger partial charge >= 0.3 is 0 Å². The molecule has 1 amide bonds. The van der Waals surface area contributed by atoms with Gasteiger partial charge in [0.1, 0.15) is 12.3 Å². The van der Waals surface area contributed by atoms with Gasteiger partial charge in [-0.3, -0.25) is 9.10 Å². The number of nitrogens with zero attached hydrogens (tertiary/aromatic N) is 4. The highest BCUT2D eigenvalue weighted by Gasteiger charge is 2.24. The van der Waals surface area contributed by atoms with Crippen LogP contribution in [0.5, 0.6) is 11.6 Å². The molecular weight excluding hydrogens is 408 g/mol. The van der Waals surface area contributed by atoms with Gasteiger partial charge in [0, 0.05) is 12.4 Å². The maximum atomic E-state index is 12.5. The number of sulfonamides is 1. The van der Waals surface area contributed by atoms with Crippen LogP contribution < -0.4 is 9.04 Å². The molecule has 3 aromatic rings. The van der Waals surface area contributed by atoms with Gasteiger partial charge in [-0.05, 0) is 30.7 Å². The zero-order valence-electron chi connectivity index (χ0n) is 17.0. The van der Waals surface area contributed by atoms with Crippen LogP contribution in [0.3, 0.4) is 0 Å².